The van der Waals surface area contributed by atoms with E-state index in [4.69, 9.17) is 4.74 Å². The summed E-state index contributed by atoms with van der Waals surface area (Å²) in [6.07, 6.45) is 5.02. The first-order valence-corrected chi connectivity index (χ1v) is 7.38. The van der Waals surface area contributed by atoms with Crippen molar-refractivity contribution < 1.29 is 4.74 Å². The second kappa shape index (κ2) is 15.2. The van der Waals surface area contributed by atoms with Crippen molar-refractivity contribution >= 4 is 22.6 Å². The van der Waals surface area contributed by atoms with Gasteiger partial charge in [-0.1, -0.05) is 56.2 Å². The van der Waals surface area contributed by atoms with E-state index >= 15 is 0 Å². The Hall–Kier alpha value is 0.690. The molecule has 0 aromatic heterocycles. The SMILES string of the molecule is CCCCCOCCC(C)C.CI. The van der Waals surface area contributed by atoms with Gasteiger partial charge in [0.15, 0.2) is 0 Å². The number of alkyl halides is 1. The summed E-state index contributed by atoms with van der Waals surface area (Å²) >= 11 is 2.15. The van der Waals surface area contributed by atoms with Crippen molar-refractivity contribution in [1.29, 1.82) is 0 Å². The number of hydrogen-bond acceptors (Lipinski definition) is 1. The number of unbranched alkanes of at least 4 members (excludes halogenated alkanes) is 2. The van der Waals surface area contributed by atoms with Crippen LogP contribution in [0.15, 0.2) is 0 Å². The fourth-order valence-corrected chi connectivity index (χ4v) is 0.875. The monoisotopic (exact) mass is 300 g/mol. The summed E-state index contributed by atoms with van der Waals surface area (Å²) in [4.78, 5) is 1.97. The topological polar surface area (TPSA) is 9.23 Å². The molecule has 13 heavy (non-hydrogen) atoms. The minimum Gasteiger partial charge on any atom is -0.381 e. The molecule has 0 unspecified atom stereocenters. The zero-order valence-corrected chi connectivity index (χ0v) is 11.8. The molecule has 0 aromatic rings. The average molecular weight is 300 g/mol. The second-order valence-electron chi connectivity index (χ2n) is 3.50. The third kappa shape index (κ3) is 19.2. The van der Waals surface area contributed by atoms with E-state index < -0.39 is 0 Å². The Morgan fingerprint density at radius 1 is 1.08 bits per heavy atom. The van der Waals surface area contributed by atoms with Gasteiger partial charge in [0.05, 0.1) is 0 Å². The van der Waals surface area contributed by atoms with E-state index in [2.05, 4.69) is 43.4 Å². The van der Waals surface area contributed by atoms with Gasteiger partial charge in [0.2, 0.25) is 0 Å². The van der Waals surface area contributed by atoms with Crippen LogP contribution in [0, 0.1) is 5.92 Å². The van der Waals surface area contributed by atoms with Crippen molar-refractivity contribution in [1.82, 2.24) is 0 Å². The molecule has 0 atom stereocenters. The van der Waals surface area contributed by atoms with Gasteiger partial charge in [-0.3, -0.25) is 0 Å². The predicted molar refractivity (Wildman–Crippen MR) is 69.7 cm³/mol. The molecular formula is C11H25IO. The minimum atomic E-state index is 0.779. The zero-order valence-electron chi connectivity index (χ0n) is 9.61. The van der Waals surface area contributed by atoms with Crippen LogP contribution in [0.3, 0.4) is 0 Å². The van der Waals surface area contributed by atoms with Crippen LogP contribution in [-0.2, 0) is 4.74 Å². The summed E-state index contributed by atoms with van der Waals surface area (Å²) in [6, 6.07) is 0. The molecule has 0 rings (SSSR count). The summed E-state index contributed by atoms with van der Waals surface area (Å²) in [5.74, 6) is 0.779. The van der Waals surface area contributed by atoms with Gasteiger partial charge >= 0.3 is 0 Å². The van der Waals surface area contributed by atoms with Crippen LogP contribution in [0.4, 0.5) is 0 Å². The molecule has 0 aliphatic rings. The lowest BCUT2D eigenvalue weighted by Gasteiger charge is -2.05. The quantitative estimate of drug-likeness (QED) is 0.387. The first kappa shape index (κ1) is 16.1. The fraction of sp³-hybridized carbons (Fsp3) is 1.00. The minimum absolute atomic E-state index is 0.779. The zero-order chi connectivity index (χ0) is 10.5. The average Bonchev–Trinajstić information content (AvgIpc) is 2.14. The molecule has 82 valence electrons. The van der Waals surface area contributed by atoms with Crippen molar-refractivity contribution in [2.75, 3.05) is 18.1 Å². The third-order valence-electron chi connectivity index (χ3n) is 1.73. The smallest absolute Gasteiger partial charge is 0.0468 e. The summed E-state index contributed by atoms with van der Waals surface area (Å²) in [5.41, 5.74) is 0. The van der Waals surface area contributed by atoms with Crippen molar-refractivity contribution in [3.63, 3.8) is 0 Å². The lowest BCUT2D eigenvalue weighted by molar-refractivity contribution is 0.120. The molecule has 0 spiro atoms. The first-order valence-electron chi connectivity index (χ1n) is 5.23. The third-order valence-corrected chi connectivity index (χ3v) is 1.73. The van der Waals surface area contributed by atoms with Crippen molar-refractivity contribution in [2.45, 2.75) is 46.5 Å². The Kier molecular flexibility index (Phi) is 18.8. The highest BCUT2D eigenvalue weighted by molar-refractivity contribution is 14.1. The van der Waals surface area contributed by atoms with Crippen molar-refractivity contribution in [2.24, 2.45) is 5.92 Å². The molecule has 1 nitrogen and oxygen atoms in total. The molecule has 0 heterocycles. The van der Waals surface area contributed by atoms with E-state index in [-0.39, 0.29) is 0 Å². The fourth-order valence-electron chi connectivity index (χ4n) is 0.875. The van der Waals surface area contributed by atoms with E-state index in [0.29, 0.717) is 0 Å². The maximum atomic E-state index is 5.45. The standard InChI is InChI=1S/C10H22O.CH3I/c1-4-5-6-8-11-9-7-10(2)3;1-2/h10H,4-9H2,1-3H3;1H3. The van der Waals surface area contributed by atoms with Gasteiger partial charge in [-0.25, -0.2) is 0 Å². The number of hydrogen-bond donors (Lipinski definition) is 0. The summed E-state index contributed by atoms with van der Waals surface area (Å²) < 4.78 is 5.45. The molecule has 2 heteroatoms. The summed E-state index contributed by atoms with van der Waals surface area (Å²) in [6.45, 7) is 8.58. The molecule has 0 aromatic carbocycles. The normalized spacial score (nSPS) is 9.69. The van der Waals surface area contributed by atoms with Gasteiger partial charge < -0.3 is 4.74 Å². The maximum absolute atomic E-state index is 5.45. The van der Waals surface area contributed by atoms with Gasteiger partial charge in [-0.05, 0) is 23.7 Å². The molecule has 0 saturated carbocycles. The van der Waals surface area contributed by atoms with Gasteiger partial charge in [0.1, 0.15) is 0 Å². The van der Waals surface area contributed by atoms with E-state index in [0.717, 1.165) is 19.1 Å². The Bertz CT molecular complexity index is 74.5. The van der Waals surface area contributed by atoms with E-state index in [9.17, 15) is 0 Å². The Balaban J connectivity index is 0. The number of halogens is 1. The van der Waals surface area contributed by atoms with Crippen LogP contribution < -0.4 is 0 Å². The summed E-state index contributed by atoms with van der Waals surface area (Å²) in [7, 11) is 0. The van der Waals surface area contributed by atoms with Crippen LogP contribution in [0.1, 0.15) is 46.5 Å². The van der Waals surface area contributed by atoms with Crippen LogP contribution in [0.5, 0.6) is 0 Å². The highest BCUT2D eigenvalue weighted by Gasteiger charge is 1.92. The molecule has 0 aliphatic carbocycles. The van der Waals surface area contributed by atoms with E-state index in [1.165, 1.54) is 25.7 Å². The van der Waals surface area contributed by atoms with E-state index in [1.54, 1.807) is 0 Å². The Morgan fingerprint density at radius 3 is 2.15 bits per heavy atom. The Morgan fingerprint density at radius 2 is 1.69 bits per heavy atom. The van der Waals surface area contributed by atoms with Crippen molar-refractivity contribution in [3.8, 4) is 0 Å². The van der Waals surface area contributed by atoms with Gasteiger partial charge in [-0.15, -0.1) is 0 Å². The molecule has 0 amide bonds. The van der Waals surface area contributed by atoms with Crippen LogP contribution in [0.25, 0.3) is 0 Å². The van der Waals surface area contributed by atoms with E-state index in [1.807, 2.05) is 4.93 Å². The molecule has 0 N–H and O–H groups in total. The lowest BCUT2D eigenvalue weighted by Crippen LogP contribution is -2.00. The molecule has 0 radical (unpaired) electrons. The Labute approximate surface area is 97.8 Å². The van der Waals surface area contributed by atoms with Gasteiger partial charge in [0.25, 0.3) is 0 Å². The molecule has 0 saturated heterocycles. The van der Waals surface area contributed by atoms with Crippen LogP contribution in [0.2, 0.25) is 0 Å². The number of ether oxygens (including phenoxy) is 1. The van der Waals surface area contributed by atoms with Crippen LogP contribution >= 0.6 is 22.6 Å². The van der Waals surface area contributed by atoms with Crippen LogP contribution in [-0.4, -0.2) is 18.1 Å². The van der Waals surface area contributed by atoms with Gasteiger partial charge in [0, 0.05) is 13.2 Å². The predicted octanol–water partition coefficient (Wildman–Crippen LogP) is 4.29. The molecule has 0 aliphatic heterocycles. The highest BCUT2D eigenvalue weighted by atomic mass is 127. The van der Waals surface area contributed by atoms with Crippen molar-refractivity contribution in [3.05, 3.63) is 0 Å². The summed E-state index contributed by atoms with van der Waals surface area (Å²) in [5, 5.41) is 0. The largest absolute Gasteiger partial charge is 0.381 e. The first-order chi connectivity index (χ1) is 6.27. The van der Waals surface area contributed by atoms with Gasteiger partial charge in [-0.2, -0.15) is 0 Å². The lowest BCUT2D eigenvalue weighted by atomic mass is 10.1. The maximum Gasteiger partial charge on any atom is 0.0468 e. The highest BCUT2D eigenvalue weighted by Crippen LogP contribution is 2.00. The molecule has 0 fully saturated rings. The second-order valence-corrected chi connectivity index (χ2v) is 3.50. The molecule has 0 bridgehead atoms. The molecular weight excluding hydrogens is 275 g/mol. The number of rotatable bonds is 7.